The summed E-state index contributed by atoms with van der Waals surface area (Å²) in [6.07, 6.45) is 1.55. The Bertz CT molecular complexity index is 1640. The van der Waals surface area contributed by atoms with Gasteiger partial charge in [0.25, 0.3) is 11.6 Å². The smallest absolute Gasteiger partial charge is 0.339 e. The van der Waals surface area contributed by atoms with Crippen molar-refractivity contribution in [1.82, 2.24) is 5.32 Å². The molecule has 0 bridgehead atoms. The Labute approximate surface area is 241 Å². The van der Waals surface area contributed by atoms with Gasteiger partial charge in [0.05, 0.1) is 20.9 Å². The van der Waals surface area contributed by atoms with Gasteiger partial charge in [0.15, 0.2) is 16.7 Å². The fourth-order valence-electron chi connectivity index (χ4n) is 3.36. The summed E-state index contributed by atoms with van der Waals surface area (Å²) in [6.45, 7) is 3.79. The molecule has 1 saturated heterocycles. The zero-order valence-electron chi connectivity index (χ0n) is 20.3. The lowest BCUT2D eigenvalue weighted by Crippen LogP contribution is -2.19. The first-order chi connectivity index (χ1) is 18.5. The third kappa shape index (κ3) is 6.79. The van der Waals surface area contributed by atoms with Crippen LogP contribution in [-0.4, -0.2) is 31.0 Å². The number of amidine groups is 1. The van der Waals surface area contributed by atoms with Gasteiger partial charge >= 0.3 is 10.1 Å². The molecule has 3 aromatic rings. The summed E-state index contributed by atoms with van der Waals surface area (Å²) in [5.41, 5.74) is 1.13. The molecule has 1 aliphatic rings. The fraction of sp³-hybridized carbons (Fsp3) is 0.120. The highest BCUT2D eigenvalue weighted by atomic mass is 79.9. The predicted octanol–water partition coefficient (Wildman–Crippen LogP) is 6.38. The number of thioether (sulfide) groups is 1. The van der Waals surface area contributed by atoms with Crippen LogP contribution in [-0.2, 0) is 14.9 Å². The van der Waals surface area contributed by atoms with E-state index in [1.54, 1.807) is 31.2 Å². The van der Waals surface area contributed by atoms with Crippen LogP contribution in [0.25, 0.3) is 6.08 Å². The number of nitro groups is 1. The van der Waals surface area contributed by atoms with Gasteiger partial charge in [0.1, 0.15) is 10.6 Å². The van der Waals surface area contributed by atoms with Crippen molar-refractivity contribution >= 4 is 77.9 Å². The molecule has 0 radical (unpaired) electrons. The average Bonchev–Trinajstić information content (AvgIpc) is 3.21. The molecule has 1 heterocycles. The number of hydrogen-bond donors (Lipinski definition) is 1. The van der Waals surface area contributed by atoms with E-state index < -0.39 is 20.9 Å². The van der Waals surface area contributed by atoms with Gasteiger partial charge in [0.2, 0.25) is 0 Å². The van der Waals surface area contributed by atoms with E-state index in [4.69, 9.17) is 20.5 Å². The van der Waals surface area contributed by atoms with Crippen molar-refractivity contribution in [3.63, 3.8) is 0 Å². The number of ether oxygens (including phenoxy) is 1. The summed E-state index contributed by atoms with van der Waals surface area (Å²) < 4.78 is 37.1. The van der Waals surface area contributed by atoms with Crippen molar-refractivity contribution < 1.29 is 27.1 Å². The minimum absolute atomic E-state index is 0.0135. The molecule has 4 rings (SSSR count). The molecule has 0 saturated carbocycles. The lowest BCUT2D eigenvalue weighted by atomic mass is 10.2. The fourth-order valence-corrected chi connectivity index (χ4v) is 5.96. The van der Waals surface area contributed by atoms with Crippen molar-refractivity contribution in [3.05, 3.63) is 90.2 Å². The summed E-state index contributed by atoms with van der Waals surface area (Å²) in [5, 5.41) is 14.3. The summed E-state index contributed by atoms with van der Waals surface area (Å²) in [5.74, 6) is -0.365. The van der Waals surface area contributed by atoms with Gasteiger partial charge in [-0.15, -0.1) is 0 Å². The molecule has 3 aromatic carbocycles. The van der Waals surface area contributed by atoms with Crippen LogP contribution in [0.5, 0.6) is 11.5 Å². The highest BCUT2D eigenvalue weighted by Crippen LogP contribution is 2.40. The minimum Gasteiger partial charge on any atom is -0.490 e. The molecule has 202 valence electrons. The molecule has 0 unspecified atom stereocenters. The highest BCUT2D eigenvalue weighted by molar-refractivity contribution is 9.10. The number of nitrogens with one attached hydrogen (secondary N) is 1. The van der Waals surface area contributed by atoms with Crippen molar-refractivity contribution in [3.8, 4) is 11.5 Å². The Hall–Kier alpha value is -3.39. The number of hydrogen-bond acceptors (Lipinski definition) is 9. The van der Waals surface area contributed by atoms with Crippen molar-refractivity contribution in [2.24, 2.45) is 4.99 Å². The van der Waals surface area contributed by atoms with Gasteiger partial charge in [-0.2, -0.15) is 8.42 Å². The third-order valence-electron chi connectivity index (χ3n) is 5.14. The van der Waals surface area contributed by atoms with Crippen LogP contribution in [0.4, 0.5) is 11.4 Å². The van der Waals surface area contributed by atoms with Crippen LogP contribution in [0.2, 0.25) is 5.02 Å². The molecule has 0 aliphatic carbocycles. The third-order valence-corrected chi connectivity index (χ3v) is 8.11. The van der Waals surface area contributed by atoms with Gasteiger partial charge < -0.3 is 14.2 Å². The number of nitro benzene ring substituents is 1. The molecule has 1 N–H and O–H groups in total. The summed E-state index contributed by atoms with van der Waals surface area (Å²) in [4.78, 5) is 27.8. The first-order valence-electron chi connectivity index (χ1n) is 11.2. The Balaban J connectivity index is 1.64. The minimum atomic E-state index is -4.15. The molecule has 39 heavy (non-hydrogen) atoms. The number of nitrogens with zero attached hydrogens (tertiary/aromatic N) is 2. The topological polar surface area (TPSA) is 137 Å². The van der Waals surface area contributed by atoms with Gasteiger partial charge in [-0.25, -0.2) is 4.99 Å². The Morgan fingerprint density at radius 2 is 1.90 bits per heavy atom. The molecule has 10 nitrogen and oxygen atoms in total. The number of carbonyl (C=O) groups is 1. The van der Waals surface area contributed by atoms with Crippen molar-refractivity contribution in [2.75, 3.05) is 6.61 Å². The molecule has 14 heteroatoms. The van der Waals surface area contributed by atoms with E-state index in [0.29, 0.717) is 5.56 Å². The van der Waals surface area contributed by atoms with Crippen LogP contribution >= 0.6 is 39.3 Å². The summed E-state index contributed by atoms with van der Waals surface area (Å²) in [6, 6.07) is 13.4. The van der Waals surface area contributed by atoms with E-state index in [0.717, 1.165) is 17.3 Å². The number of aryl methyl sites for hydroxylation is 1. The van der Waals surface area contributed by atoms with E-state index in [2.05, 4.69) is 26.2 Å². The number of halogens is 2. The van der Waals surface area contributed by atoms with E-state index in [-0.39, 0.29) is 53.9 Å². The standard InChI is InChI=1S/C25H19BrClN3O7S2/c1-3-36-21-11-15(10-18(26)23(21)37-39(34,35)17-7-4-14(2)5-8-17)12-22-24(31)29-25(38-22)28-19-9-6-16(27)13-20(19)30(32)33/h4-13H,3H2,1-2H3,(H,28,29,31)/b22-12+. The van der Waals surface area contributed by atoms with Crippen LogP contribution in [0.3, 0.4) is 0 Å². The molecular weight excluding hydrogens is 634 g/mol. The second kappa shape index (κ2) is 11.8. The number of benzene rings is 3. The van der Waals surface area contributed by atoms with Crippen LogP contribution in [0, 0.1) is 17.0 Å². The molecule has 1 fully saturated rings. The molecule has 0 aromatic heterocycles. The van der Waals surface area contributed by atoms with E-state index in [1.807, 2.05) is 6.92 Å². The molecule has 1 aliphatic heterocycles. The normalized spacial score (nSPS) is 15.4. The van der Waals surface area contributed by atoms with Gasteiger partial charge in [0, 0.05) is 11.1 Å². The monoisotopic (exact) mass is 651 g/mol. The Morgan fingerprint density at radius 3 is 2.56 bits per heavy atom. The molecular formula is C25H19BrClN3O7S2. The first-order valence-corrected chi connectivity index (χ1v) is 14.6. The summed E-state index contributed by atoms with van der Waals surface area (Å²) >= 11 is 10.2. The maximum atomic E-state index is 12.9. The van der Waals surface area contributed by atoms with Crippen LogP contribution < -0.4 is 14.2 Å². The number of rotatable bonds is 8. The first kappa shape index (κ1) is 28.6. The Morgan fingerprint density at radius 1 is 1.18 bits per heavy atom. The lowest BCUT2D eigenvalue weighted by molar-refractivity contribution is -0.384. The average molecular weight is 653 g/mol. The summed E-state index contributed by atoms with van der Waals surface area (Å²) in [7, 11) is -4.15. The number of carbonyl (C=O) groups excluding carboxylic acids is 1. The van der Waals surface area contributed by atoms with Gasteiger partial charge in [-0.1, -0.05) is 29.3 Å². The largest absolute Gasteiger partial charge is 0.490 e. The zero-order chi connectivity index (χ0) is 28.3. The second-order valence-electron chi connectivity index (χ2n) is 7.99. The number of aliphatic imine (C=N–C) groups is 1. The maximum Gasteiger partial charge on any atom is 0.339 e. The van der Waals surface area contributed by atoms with Crippen molar-refractivity contribution in [1.29, 1.82) is 0 Å². The maximum absolute atomic E-state index is 12.9. The Kier molecular flexibility index (Phi) is 8.64. The van der Waals surface area contributed by atoms with E-state index >= 15 is 0 Å². The molecule has 0 atom stereocenters. The van der Waals surface area contributed by atoms with Crippen LogP contribution in [0.1, 0.15) is 18.1 Å². The quantitative estimate of drug-likeness (QED) is 0.128. The number of amides is 1. The SMILES string of the molecule is CCOc1cc(/C=C2/SC(=Nc3ccc(Cl)cc3[N+](=O)[O-])NC2=O)cc(Br)c1OS(=O)(=O)c1ccc(C)cc1. The second-order valence-corrected chi connectivity index (χ2v) is 11.9. The van der Waals surface area contributed by atoms with Crippen LogP contribution in [0.15, 0.2) is 73.9 Å². The van der Waals surface area contributed by atoms with Gasteiger partial charge in [-0.05, 0) is 89.6 Å². The zero-order valence-corrected chi connectivity index (χ0v) is 24.3. The lowest BCUT2D eigenvalue weighted by Gasteiger charge is -2.14. The molecule has 1 amide bonds. The predicted molar refractivity (Wildman–Crippen MR) is 153 cm³/mol. The van der Waals surface area contributed by atoms with Crippen molar-refractivity contribution in [2.45, 2.75) is 18.7 Å². The van der Waals surface area contributed by atoms with Gasteiger partial charge in [-0.3, -0.25) is 14.9 Å². The van der Waals surface area contributed by atoms with E-state index in [1.165, 1.54) is 36.4 Å². The molecule has 0 spiro atoms. The van der Waals surface area contributed by atoms with E-state index in [9.17, 15) is 23.3 Å². The highest BCUT2D eigenvalue weighted by Gasteiger charge is 2.27.